The molecule has 9 heteroatoms. The van der Waals surface area contributed by atoms with Gasteiger partial charge in [-0.15, -0.1) is 0 Å². The number of carbonyl (C=O) groups excluding carboxylic acids is 4. The number of amides is 1. The lowest BCUT2D eigenvalue weighted by Gasteiger charge is -2.71. The molecule has 260 valence electrons. The van der Waals surface area contributed by atoms with Crippen LogP contribution in [0.15, 0.2) is 21.7 Å². The third kappa shape index (κ3) is 5.67. The Hall–Kier alpha value is -2.97. The van der Waals surface area contributed by atoms with E-state index in [1.165, 1.54) is 46.0 Å². The van der Waals surface area contributed by atoms with Crippen molar-refractivity contribution in [1.82, 2.24) is 5.16 Å². The van der Waals surface area contributed by atoms with E-state index in [0.29, 0.717) is 34.7 Å². The number of nitrogens with zero attached hydrogens (tertiary/aromatic N) is 1. The number of aryl methyl sites for hydroxylation is 1. The monoisotopic (exact) mass is 652 g/mol. The van der Waals surface area contributed by atoms with Crippen LogP contribution in [0.5, 0.6) is 0 Å². The lowest BCUT2D eigenvalue weighted by molar-refractivity contribution is -0.267. The fraction of sp³-hybridized carbons (Fsp3) is 0.763. The maximum absolute atomic E-state index is 13.6. The fourth-order valence-corrected chi connectivity index (χ4v) is 11.7. The number of Topliss-reactive ketones (excluding diaryl/α,β-unsaturated/α-hetero) is 1. The second-order valence-electron chi connectivity index (χ2n) is 17.1. The van der Waals surface area contributed by atoms with Crippen molar-refractivity contribution >= 4 is 29.4 Å². The molecule has 0 aliphatic heterocycles. The average molecular weight is 653 g/mol. The summed E-state index contributed by atoms with van der Waals surface area (Å²) in [5.74, 6) is 1.50. The highest BCUT2D eigenvalue weighted by Gasteiger charge is 2.70. The quantitative estimate of drug-likeness (QED) is 0.255. The third-order valence-corrected chi connectivity index (χ3v) is 13.7. The van der Waals surface area contributed by atoms with Crippen LogP contribution >= 0.6 is 0 Å². The van der Waals surface area contributed by atoms with E-state index in [1.54, 1.807) is 13.0 Å². The molecule has 0 spiro atoms. The summed E-state index contributed by atoms with van der Waals surface area (Å²) in [5.41, 5.74) is 1.78. The number of aromatic nitrogens is 1. The van der Waals surface area contributed by atoms with Crippen LogP contribution in [0.4, 0.5) is 5.82 Å². The molecule has 0 radical (unpaired) electrons. The van der Waals surface area contributed by atoms with E-state index < -0.39 is 17.4 Å². The molecule has 4 fully saturated rings. The SMILES string of the molecule is CC(=O)Nc1cc(C)on1.CC(=O)OOC(=O)[C@@]12CC[C@]3(C)[C@H](CC[C@@H]4[C@@]5(C)CCCC(C)(C)[C@@H]5CC[C@]43C)C1=C(C(C)C)C(=O)C2. The number of fused-ring (bicyclic) bond motifs is 7. The predicted molar refractivity (Wildman–Crippen MR) is 177 cm³/mol. The predicted octanol–water partition coefficient (Wildman–Crippen LogP) is 8.32. The molecule has 1 amide bonds. The average Bonchev–Trinajstić information content (AvgIpc) is 3.51. The van der Waals surface area contributed by atoms with Crippen LogP contribution in [0, 0.1) is 57.7 Å². The molecule has 0 unspecified atom stereocenters. The molecule has 5 aliphatic rings. The van der Waals surface area contributed by atoms with Gasteiger partial charge in [-0.25, -0.2) is 19.4 Å². The van der Waals surface area contributed by atoms with E-state index >= 15 is 0 Å². The number of nitrogens with one attached hydrogen (secondary N) is 1. The zero-order valence-corrected chi connectivity index (χ0v) is 30.3. The molecule has 0 aromatic carbocycles. The molecule has 5 aliphatic carbocycles. The van der Waals surface area contributed by atoms with Gasteiger partial charge < -0.3 is 9.84 Å². The maximum Gasteiger partial charge on any atom is 0.366 e. The van der Waals surface area contributed by atoms with Gasteiger partial charge in [-0.3, -0.25) is 9.59 Å². The van der Waals surface area contributed by atoms with E-state index in [-0.39, 0.29) is 40.8 Å². The van der Waals surface area contributed by atoms with Crippen LogP contribution in [0.2, 0.25) is 0 Å². The highest BCUT2D eigenvalue weighted by molar-refractivity contribution is 6.06. The number of allylic oxidation sites excluding steroid dienone is 1. The standard InChI is InChI=1S/C32H48O5.C6H8N2O2/c1-19(2)25-22(34)18-32(27(35)37-36-20(3)33)17-16-30(7)21(26(25)32)10-11-24-29(6)14-9-13-28(4,5)23(29)12-15-31(24,30)8;1-4-3-6(8-10-4)7-5(2)9/h19,21,23-24H,9-18H2,1-8H3;3H,1-2H3,(H,7,8,9)/t21-,23+,24-,29+,30-,31-,32-;/m1./s1. The second-order valence-corrected chi connectivity index (χ2v) is 17.1. The first-order chi connectivity index (χ1) is 21.8. The first kappa shape index (κ1) is 35.3. The van der Waals surface area contributed by atoms with Gasteiger partial charge in [0.1, 0.15) is 11.2 Å². The Morgan fingerprint density at radius 3 is 2.21 bits per heavy atom. The summed E-state index contributed by atoms with van der Waals surface area (Å²) >= 11 is 0. The smallest absolute Gasteiger partial charge is 0.360 e. The number of carbonyl (C=O) groups is 4. The molecule has 9 nitrogen and oxygen atoms in total. The summed E-state index contributed by atoms with van der Waals surface area (Å²) < 4.78 is 4.70. The molecule has 1 aromatic heterocycles. The Labute approximate surface area is 280 Å². The van der Waals surface area contributed by atoms with Gasteiger partial charge in [0.05, 0.1) is 0 Å². The minimum absolute atomic E-state index is 0.0107. The molecule has 0 bridgehead atoms. The highest BCUT2D eigenvalue weighted by Crippen LogP contribution is 2.76. The van der Waals surface area contributed by atoms with Crippen LogP contribution < -0.4 is 5.32 Å². The van der Waals surface area contributed by atoms with Crippen molar-refractivity contribution in [2.24, 2.45) is 50.7 Å². The molecular weight excluding hydrogens is 596 g/mol. The summed E-state index contributed by atoms with van der Waals surface area (Å²) in [4.78, 5) is 58.8. The first-order valence-corrected chi connectivity index (χ1v) is 17.7. The Bertz CT molecular complexity index is 1470. The van der Waals surface area contributed by atoms with Gasteiger partial charge in [0.2, 0.25) is 5.91 Å². The molecule has 7 atom stereocenters. The van der Waals surface area contributed by atoms with Crippen molar-refractivity contribution in [2.75, 3.05) is 5.32 Å². The van der Waals surface area contributed by atoms with Gasteiger partial charge >= 0.3 is 11.9 Å². The zero-order chi connectivity index (χ0) is 34.7. The third-order valence-electron chi connectivity index (χ3n) is 13.7. The van der Waals surface area contributed by atoms with E-state index in [4.69, 9.17) is 14.3 Å². The van der Waals surface area contributed by atoms with E-state index in [1.807, 2.05) is 0 Å². The van der Waals surface area contributed by atoms with Crippen LogP contribution in [0.1, 0.15) is 132 Å². The largest absolute Gasteiger partial charge is 0.366 e. The number of hydrogen-bond acceptors (Lipinski definition) is 8. The molecule has 6 rings (SSSR count). The number of hydrogen-bond donors (Lipinski definition) is 1. The highest BCUT2D eigenvalue weighted by atomic mass is 17.2. The number of rotatable bonds is 3. The van der Waals surface area contributed by atoms with E-state index in [2.05, 4.69) is 58.9 Å². The van der Waals surface area contributed by atoms with Crippen molar-refractivity contribution in [3.05, 3.63) is 23.0 Å². The summed E-state index contributed by atoms with van der Waals surface area (Å²) in [6.45, 7) is 21.2. The molecule has 0 saturated heterocycles. The van der Waals surface area contributed by atoms with Crippen molar-refractivity contribution in [3.63, 3.8) is 0 Å². The molecule has 47 heavy (non-hydrogen) atoms. The summed E-state index contributed by atoms with van der Waals surface area (Å²) in [6, 6.07) is 1.65. The number of anilines is 1. The van der Waals surface area contributed by atoms with Crippen molar-refractivity contribution < 1.29 is 33.5 Å². The van der Waals surface area contributed by atoms with Gasteiger partial charge in [-0.2, -0.15) is 0 Å². The van der Waals surface area contributed by atoms with Crippen molar-refractivity contribution in [1.29, 1.82) is 0 Å². The van der Waals surface area contributed by atoms with Crippen molar-refractivity contribution in [2.45, 2.75) is 133 Å². The van der Waals surface area contributed by atoms with Crippen LogP contribution in [0.25, 0.3) is 0 Å². The molecule has 4 saturated carbocycles. The Kier molecular flexibility index (Phi) is 9.15. The summed E-state index contributed by atoms with van der Waals surface area (Å²) in [7, 11) is 0. The topological polar surface area (TPSA) is 125 Å². The number of ketones is 1. The molecular formula is C38H56N2O7. The maximum atomic E-state index is 13.6. The van der Waals surface area contributed by atoms with Crippen LogP contribution in [0.3, 0.4) is 0 Å². The second kappa shape index (κ2) is 12.2. The van der Waals surface area contributed by atoms with Gasteiger partial charge in [0.25, 0.3) is 0 Å². The van der Waals surface area contributed by atoms with Gasteiger partial charge in [0, 0.05) is 26.3 Å². The minimum Gasteiger partial charge on any atom is -0.360 e. The van der Waals surface area contributed by atoms with Crippen LogP contribution in [-0.4, -0.2) is 28.8 Å². The summed E-state index contributed by atoms with van der Waals surface area (Å²) in [6.07, 6.45) is 10.3. The van der Waals surface area contributed by atoms with Crippen molar-refractivity contribution in [3.8, 4) is 0 Å². The van der Waals surface area contributed by atoms with Gasteiger partial charge in [-0.05, 0) is 115 Å². The van der Waals surface area contributed by atoms with Gasteiger partial charge in [-0.1, -0.05) is 60.0 Å². The lowest BCUT2D eigenvalue weighted by Crippen LogP contribution is -2.64. The molecule has 1 aromatic rings. The zero-order valence-electron chi connectivity index (χ0n) is 30.3. The lowest BCUT2D eigenvalue weighted by atomic mass is 9.33. The normalized spacial score (nSPS) is 37.0. The fourth-order valence-electron chi connectivity index (χ4n) is 11.7. The van der Waals surface area contributed by atoms with E-state index in [9.17, 15) is 19.2 Å². The van der Waals surface area contributed by atoms with Gasteiger partial charge in [0.15, 0.2) is 11.6 Å². The van der Waals surface area contributed by atoms with Crippen LogP contribution in [-0.2, 0) is 29.0 Å². The van der Waals surface area contributed by atoms with E-state index in [0.717, 1.165) is 36.3 Å². The Morgan fingerprint density at radius 2 is 1.62 bits per heavy atom. The summed E-state index contributed by atoms with van der Waals surface area (Å²) in [5, 5.41) is 6.03. The molecule has 1 N–H and O–H groups in total. The molecule has 1 heterocycles. The Morgan fingerprint density at radius 1 is 0.915 bits per heavy atom. The first-order valence-electron chi connectivity index (χ1n) is 17.7. The Balaban J connectivity index is 0.000000371. The minimum atomic E-state index is -0.993.